The Morgan fingerprint density at radius 1 is 1.13 bits per heavy atom. The van der Waals surface area contributed by atoms with Gasteiger partial charge in [0, 0.05) is 38.7 Å². The minimum absolute atomic E-state index is 0.0112. The molecule has 4 heterocycles. The lowest BCUT2D eigenvalue weighted by atomic mass is 10.1. The molecule has 0 saturated carbocycles. The zero-order valence-electron chi connectivity index (χ0n) is 18.0. The van der Waals surface area contributed by atoms with Crippen LogP contribution < -0.4 is 5.32 Å². The van der Waals surface area contributed by atoms with Gasteiger partial charge in [-0.15, -0.1) is 0 Å². The molecule has 5 rings (SSSR count). The monoisotopic (exact) mass is 418 g/mol. The Hall–Kier alpha value is -3.42. The van der Waals surface area contributed by atoms with Crippen LogP contribution in [0.5, 0.6) is 0 Å². The van der Waals surface area contributed by atoms with Gasteiger partial charge >= 0.3 is 0 Å². The fraction of sp³-hybridized carbons (Fsp3) is 0.391. The Balaban J connectivity index is 1.58. The number of amides is 2. The Morgan fingerprint density at radius 2 is 1.87 bits per heavy atom. The van der Waals surface area contributed by atoms with E-state index >= 15 is 0 Å². The normalized spacial score (nSPS) is 19.8. The molecule has 0 radical (unpaired) electrons. The molecule has 31 heavy (non-hydrogen) atoms. The standard InChI is InChI=1S/C23H26N6O2/c1-14-11-19(27(3)26-14)23(31)29-16-9-10-17(29)13-28-18(12-16)20(22(30)24-2)25-21(28)15-7-5-4-6-8-15/h4-8,11,16-17H,9-10,12-13H2,1-3H3,(H,24,30)/t16-,17+/m0/s1. The molecule has 0 aliphatic carbocycles. The molecule has 2 atom stereocenters. The third-order valence-corrected chi connectivity index (χ3v) is 6.44. The van der Waals surface area contributed by atoms with Crippen molar-refractivity contribution in [2.45, 2.75) is 44.8 Å². The first-order chi connectivity index (χ1) is 15.0. The van der Waals surface area contributed by atoms with Crippen LogP contribution >= 0.6 is 0 Å². The molecular weight excluding hydrogens is 392 g/mol. The van der Waals surface area contributed by atoms with Gasteiger partial charge in [-0.25, -0.2) is 4.98 Å². The number of imidazole rings is 1. The van der Waals surface area contributed by atoms with Gasteiger partial charge in [-0.3, -0.25) is 14.3 Å². The van der Waals surface area contributed by atoms with Gasteiger partial charge in [0.25, 0.3) is 11.8 Å². The van der Waals surface area contributed by atoms with Crippen LogP contribution in [0.1, 0.15) is 45.2 Å². The maximum Gasteiger partial charge on any atom is 0.272 e. The average molecular weight is 419 g/mol. The number of nitrogens with one attached hydrogen (secondary N) is 1. The third kappa shape index (κ3) is 3.13. The maximum atomic E-state index is 13.5. The molecule has 160 valence electrons. The summed E-state index contributed by atoms with van der Waals surface area (Å²) in [6.45, 7) is 2.52. The highest BCUT2D eigenvalue weighted by molar-refractivity contribution is 5.95. The number of fused-ring (bicyclic) bond motifs is 3. The van der Waals surface area contributed by atoms with E-state index in [2.05, 4.69) is 15.0 Å². The molecule has 0 spiro atoms. The molecule has 0 unspecified atom stereocenters. The van der Waals surface area contributed by atoms with E-state index in [0.717, 1.165) is 35.6 Å². The van der Waals surface area contributed by atoms with Crippen molar-refractivity contribution in [1.82, 2.24) is 29.5 Å². The van der Waals surface area contributed by atoms with E-state index in [1.807, 2.05) is 55.3 Å². The van der Waals surface area contributed by atoms with Crippen molar-refractivity contribution in [2.24, 2.45) is 7.05 Å². The van der Waals surface area contributed by atoms with E-state index in [0.29, 0.717) is 24.4 Å². The second-order valence-corrected chi connectivity index (χ2v) is 8.38. The predicted molar refractivity (Wildman–Crippen MR) is 116 cm³/mol. The van der Waals surface area contributed by atoms with Crippen LogP contribution in [0.3, 0.4) is 0 Å². The van der Waals surface area contributed by atoms with Crippen molar-refractivity contribution in [2.75, 3.05) is 7.05 Å². The molecule has 1 saturated heterocycles. The second kappa shape index (κ2) is 7.37. The van der Waals surface area contributed by atoms with Crippen molar-refractivity contribution in [3.05, 3.63) is 59.2 Å². The topological polar surface area (TPSA) is 85.1 Å². The van der Waals surface area contributed by atoms with Crippen LogP contribution in [0.4, 0.5) is 0 Å². The Bertz CT molecular complexity index is 1160. The highest BCUT2D eigenvalue weighted by Gasteiger charge is 2.43. The summed E-state index contributed by atoms with van der Waals surface area (Å²) in [7, 11) is 3.43. The number of nitrogens with zero attached hydrogens (tertiary/aromatic N) is 5. The minimum Gasteiger partial charge on any atom is -0.354 e. The number of carbonyl (C=O) groups excluding carboxylic acids is 2. The number of aromatic nitrogens is 4. The van der Waals surface area contributed by atoms with E-state index in [1.54, 1.807) is 11.7 Å². The number of rotatable bonds is 3. The molecule has 1 N–H and O–H groups in total. The number of carbonyl (C=O) groups is 2. The smallest absolute Gasteiger partial charge is 0.272 e. The van der Waals surface area contributed by atoms with Gasteiger partial charge in [0.2, 0.25) is 0 Å². The van der Waals surface area contributed by atoms with E-state index in [1.165, 1.54) is 0 Å². The van der Waals surface area contributed by atoms with Gasteiger partial charge in [-0.2, -0.15) is 5.10 Å². The highest BCUT2D eigenvalue weighted by atomic mass is 16.2. The number of hydrogen-bond donors (Lipinski definition) is 1. The fourth-order valence-electron chi connectivity index (χ4n) is 5.05. The Morgan fingerprint density at radius 3 is 2.55 bits per heavy atom. The summed E-state index contributed by atoms with van der Waals surface area (Å²) in [6, 6.07) is 11.9. The quantitative estimate of drug-likeness (QED) is 0.707. The molecular formula is C23H26N6O2. The molecule has 8 heteroatoms. The third-order valence-electron chi connectivity index (χ3n) is 6.44. The summed E-state index contributed by atoms with van der Waals surface area (Å²) >= 11 is 0. The molecule has 2 aliphatic rings. The molecule has 1 fully saturated rings. The molecule has 3 aromatic rings. The van der Waals surface area contributed by atoms with Gasteiger partial charge in [0.15, 0.2) is 0 Å². The first kappa shape index (κ1) is 19.5. The van der Waals surface area contributed by atoms with E-state index in [4.69, 9.17) is 4.98 Å². The first-order valence-electron chi connectivity index (χ1n) is 10.7. The van der Waals surface area contributed by atoms with Gasteiger partial charge in [-0.05, 0) is 25.8 Å². The maximum absolute atomic E-state index is 13.5. The molecule has 2 bridgehead atoms. The lowest BCUT2D eigenvalue weighted by Gasteiger charge is -2.28. The second-order valence-electron chi connectivity index (χ2n) is 8.38. The minimum atomic E-state index is -0.191. The number of hydrogen-bond acceptors (Lipinski definition) is 4. The fourth-order valence-corrected chi connectivity index (χ4v) is 5.05. The molecule has 2 aromatic heterocycles. The van der Waals surface area contributed by atoms with E-state index < -0.39 is 0 Å². The Labute approximate surface area is 180 Å². The first-order valence-corrected chi connectivity index (χ1v) is 10.7. The van der Waals surface area contributed by atoms with Gasteiger partial charge in [0.1, 0.15) is 17.2 Å². The largest absolute Gasteiger partial charge is 0.354 e. The van der Waals surface area contributed by atoms with Crippen molar-refractivity contribution in [3.8, 4) is 11.4 Å². The van der Waals surface area contributed by atoms with Crippen LogP contribution in [0.15, 0.2) is 36.4 Å². The lowest BCUT2D eigenvalue weighted by Crippen LogP contribution is -2.42. The average Bonchev–Trinajstić information content (AvgIpc) is 3.39. The number of aryl methyl sites for hydroxylation is 2. The van der Waals surface area contributed by atoms with Crippen LogP contribution in [-0.2, 0) is 20.0 Å². The molecule has 2 amide bonds. The van der Waals surface area contributed by atoms with Crippen molar-refractivity contribution in [3.63, 3.8) is 0 Å². The van der Waals surface area contributed by atoms with Crippen LogP contribution in [0.2, 0.25) is 0 Å². The molecule has 2 aliphatic heterocycles. The van der Waals surface area contributed by atoms with Crippen molar-refractivity contribution < 1.29 is 9.59 Å². The highest BCUT2D eigenvalue weighted by Crippen LogP contribution is 2.36. The zero-order valence-corrected chi connectivity index (χ0v) is 18.0. The summed E-state index contributed by atoms with van der Waals surface area (Å²) in [5.41, 5.74) is 3.77. The molecule has 8 nitrogen and oxygen atoms in total. The summed E-state index contributed by atoms with van der Waals surface area (Å²) in [4.78, 5) is 32.9. The van der Waals surface area contributed by atoms with E-state index in [9.17, 15) is 9.59 Å². The van der Waals surface area contributed by atoms with Crippen molar-refractivity contribution >= 4 is 11.8 Å². The van der Waals surface area contributed by atoms with Gasteiger partial charge < -0.3 is 14.8 Å². The van der Waals surface area contributed by atoms with Crippen LogP contribution in [0.25, 0.3) is 11.4 Å². The lowest BCUT2D eigenvalue weighted by molar-refractivity contribution is 0.0654. The van der Waals surface area contributed by atoms with E-state index in [-0.39, 0.29) is 23.9 Å². The predicted octanol–water partition coefficient (Wildman–Crippen LogP) is 2.18. The summed E-state index contributed by atoms with van der Waals surface area (Å²) < 4.78 is 3.81. The van der Waals surface area contributed by atoms with Gasteiger partial charge in [0.05, 0.1) is 17.4 Å². The van der Waals surface area contributed by atoms with Crippen LogP contribution in [0, 0.1) is 6.92 Å². The van der Waals surface area contributed by atoms with Crippen LogP contribution in [-0.4, -0.2) is 55.2 Å². The van der Waals surface area contributed by atoms with Crippen molar-refractivity contribution in [1.29, 1.82) is 0 Å². The summed E-state index contributed by atoms with van der Waals surface area (Å²) in [5.74, 6) is 0.603. The SMILES string of the molecule is CNC(=O)c1nc(-c2ccccc2)n2c1C[C@@H]1CC[C@H](C2)N1C(=O)c1cc(C)nn1C. The summed E-state index contributed by atoms with van der Waals surface area (Å²) in [6.07, 6.45) is 2.47. The zero-order chi connectivity index (χ0) is 21.7. The Kier molecular flexibility index (Phi) is 4.64. The summed E-state index contributed by atoms with van der Waals surface area (Å²) in [5, 5.41) is 7.08. The molecule has 1 aromatic carbocycles. The number of benzene rings is 1. The van der Waals surface area contributed by atoms with Gasteiger partial charge in [-0.1, -0.05) is 30.3 Å².